The normalized spacial score (nSPS) is 9.73. The minimum atomic E-state index is 0.220. The van der Waals surface area contributed by atoms with E-state index in [0.717, 1.165) is 11.5 Å². The standard InChI is InChI=1S/C12H16O3/c1-3-10(13)7-8-15-12-6-4-5-11(9-12)14-2/h4-6,9H,3,7-8H2,1-2H3. The lowest BCUT2D eigenvalue weighted by Crippen LogP contribution is -2.04. The van der Waals surface area contributed by atoms with Crippen molar-refractivity contribution >= 4 is 5.78 Å². The first-order chi connectivity index (χ1) is 7.26. The highest BCUT2D eigenvalue weighted by atomic mass is 16.5. The van der Waals surface area contributed by atoms with E-state index in [1.54, 1.807) is 13.2 Å². The molecule has 0 saturated heterocycles. The summed E-state index contributed by atoms with van der Waals surface area (Å²) >= 11 is 0. The van der Waals surface area contributed by atoms with Gasteiger partial charge >= 0.3 is 0 Å². The highest BCUT2D eigenvalue weighted by Crippen LogP contribution is 2.18. The van der Waals surface area contributed by atoms with E-state index in [9.17, 15) is 4.79 Å². The number of hydrogen-bond donors (Lipinski definition) is 0. The predicted molar refractivity (Wildman–Crippen MR) is 58.4 cm³/mol. The quantitative estimate of drug-likeness (QED) is 0.720. The van der Waals surface area contributed by atoms with Crippen LogP contribution >= 0.6 is 0 Å². The number of carbonyl (C=O) groups excluding carboxylic acids is 1. The summed E-state index contributed by atoms with van der Waals surface area (Å²) in [5.41, 5.74) is 0. The molecule has 0 heterocycles. The third-order valence-corrected chi connectivity index (χ3v) is 2.09. The van der Waals surface area contributed by atoms with Gasteiger partial charge in [-0.25, -0.2) is 0 Å². The van der Waals surface area contributed by atoms with Gasteiger partial charge in [-0.1, -0.05) is 13.0 Å². The Morgan fingerprint density at radius 3 is 2.73 bits per heavy atom. The highest BCUT2D eigenvalue weighted by Gasteiger charge is 2.00. The Bertz CT molecular complexity index is 320. The summed E-state index contributed by atoms with van der Waals surface area (Å²) in [6.07, 6.45) is 1.04. The third-order valence-electron chi connectivity index (χ3n) is 2.09. The van der Waals surface area contributed by atoms with Crippen molar-refractivity contribution in [2.75, 3.05) is 13.7 Å². The minimum Gasteiger partial charge on any atom is -0.497 e. The summed E-state index contributed by atoms with van der Waals surface area (Å²) < 4.78 is 10.5. The van der Waals surface area contributed by atoms with Crippen LogP contribution in [0.25, 0.3) is 0 Å². The first kappa shape index (κ1) is 11.6. The van der Waals surface area contributed by atoms with Gasteiger partial charge in [-0.3, -0.25) is 4.79 Å². The highest BCUT2D eigenvalue weighted by molar-refractivity contribution is 5.78. The first-order valence-electron chi connectivity index (χ1n) is 5.04. The van der Waals surface area contributed by atoms with Crippen molar-refractivity contribution in [3.05, 3.63) is 24.3 Å². The monoisotopic (exact) mass is 208 g/mol. The fourth-order valence-electron chi connectivity index (χ4n) is 1.15. The maximum Gasteiger partial charge on any atom is 0.136 e. The largest absolute Gasteiger partial charge is 0.497 e. The van der Waals surface area contributed by atoms with Gasteiger partial charge in [0.2, 0.25) is 0 Å². The van der Waals surface area contributed by atoms with Crippen LogP contribution in [0.5, 0.6) is 11.5 Å². The van der Waals surface area contributed by atoms with E-state index in [-0.39, 0.29) is 5.78 Å². The van der Waals surface area contributed by atoms with Crippen LogP contribution in [-0.4, -0.2) is 19.5 Å². The molecule has 0 aliphatic rings. The molecule has 1 rings (SSSR count). The molecule has 0 radical (unpaired) electrons. The lowest BCUT2D eigenvalue weighted by Gasteiger charge is -2.06. The van der Waals surface area contributed by atoms with E-state index in [1.165, 1.54) is 0 Å². The van der Waals surface area contributed by atoms with Crippen molar-refractivity contribution in [2.45, 2.75) is 19.8 Å². The SMILES string of the molecule is CCC(=O)CCOc1cccc(OC)c1. The number of carbonyl (C=O) groups is 1. The summed E-state index contributed by atoms with van der Waals surface area (Å²) in [6, 6.07) is 7.36. The van der Waals surface area contributed by atoms with E-state index in [2.05, 4.69) is 0 Å². The van der Waals surface area contributed by atoms with Crippen LogP contribution in [0, 0.1) is 0 Å². The Morgan fingerprint density at radius 1 is 1.33 bits per heavy atom. The van der Waals surface area contributed by atoms with E-state index in [0.29, 0.717) is 19.4 Å². The molecular formula is C12H16O3. The minimum absolute atomic E-state index is 0.220. The third kappa shape index (κ3) is 4.02. The first-order valence-corrected chi connectivity index (χ1v) is 5.04. The summed E-state index contributed by atoms with van der Waals surface area (Å²) in [5, 5.41) is 0. The number of rotatable bonds is 6. The lowest BCUT2D eigenvalue weighted by molar-refractivity contribution is -0.119. The van der Waals surface area contributed by atoms with E-state index in [1.807, 2.05) is 25.1 Å². The molecule has 0 saturated carbocycles. The molecule has 15 heavy (non-hydrogen) atoms. The van der Waals surface area contributed by atoms with Crippen molar-refractivity contribution in [2.24, 2.45) is 0 Å². The molecule has 3 nitrogen and oxygen atoms in total. The van der Waals surface area contributed by atoms with Crippen molar-refractivity contribution in [1.29, 1.82) is 0 Å². The van der Waals surface area contributed by atoms with Crippen LogP contribution in [0.3, 0.4) is 0 Å². The van der Waals surface area contributed by atoms with Crippen LogP contribution in [0.2, 0.25) is 0 Å². The molecule has 0 aliphatic heterocycles. The molecule has 0 aromatic heterocycles. The Hall–Kier alpha value is -1.51. The van der Waals surface area contributed by atoms with Gasteiger partial charge in [-0.05, 0) is 12.1 Å². The van der Waals surface area contributed by atoms with Crippen molar-refractivity contribution < 1.29 is 14.3 Å². The van der Waals surface area contributed by atoms with Crippen LogP contribution in [-0.2, 0) is 4.79 Å². The van der Waals surface area contributed by atoms with Gasteiger partial charge in [-0.15, -0.1) is 0 Å². The maximum atomic E-state index is 11.0. The molecule has 0 bridgehead atoms. The van der Waals surface area contributed by atoms with E-state index in [4.69, 9.17) is 9.47 Å². The zero-order chi connectivity index (χ0) is 11.1. The molecule has 0 N–H and O–H groups in total. The number of ether oxygens (including phenoxy) is 2. The number of benzene rings is 1. The van der Waals surface area contributed by atoms with Crippen LogP contribution in [0.15, 0.2) is 24.3 Å². The molecule has 0 unspecified atom stereocenters. The summed E-state index contributed by atoms with van der Waals surface area (Å²) in [4.78, 5) is 11.0. The van der Waals surface area contributed by atoms with E-state index >= 15 is 0 Å². The second-order valence-corrected chi connectivity index (χ2v) is 3.17. The van der Waals surface area contributed by atoms with Crippen molar-refractivity contribution in [1.82, 2.24) is 0 Å². The molecule has 0 atom stereocenters. The second kappa shape index (κ2) is 6.06. The number of ketones is 1. The van der Waals surface area contributed by atoms with Crippen LogP contribution in [0.4, 0.5) is 0 Å². The van der Waals surface area contributed by atoms with Crippen molar-refractivity contribution in [3.63, 3.8) is 0 Å². The zero-order valence-corrected chi connectivity index (χ0v) is 9.16. The van der Waals surface area contributed by atoms with Gasteiger partial charge in [0.25, 0.3) is 0 Å². The van der Waals surface area contributed by atoms with Crippen LogP contribution in [0.1, 0.15) is 19.8 Å². The molecule has 82 valence electrons. The molecule has 0 aliphatic carbocycles. The predicted octanol–water partition coefficient (Wildman–Crippen LogP) is 2.44. The Labute approximate surface area is 90.0 Å². The number of methoxy groups -OCH3 is 1. The van der Waals surface area contributed by atoms with Crippen LogP contribution < -0.4 is 9.47 Å². The zero-order valence-electron chi connectivity index (χ0n) is 9.16. The summed E-state index contributed by atoms with van der Waals surface area (Å²) in [5.74, 6) is 1.71. The number of hydrogen-bond acceptors (Lipinski definition) is 3. The molecule has 3 heteroatoms. The second-order valence-electron chi connectivity index (χ2n) is 3.17. The van der Waals surface area contributed by atoms with Gasteiger partial charge in [0.1, 0.15) is 17.3 Å². The molecular weight excluding hydrogens is 192 g/mol. The fourth-order valence-corrected chi connectivity index (χ4v) is 1.15. The van der Waals surface area contributed by atoms with Gasteiger partial charge in [-0.2, -0.15) is 0 Å². The Morgan fingerprint density at radius 2 is 2.07 bits per heavy atom. The molecule has 1 aromatic carbocycles. The van der Waals surface area contributed by atoms with Gasteiger partial charge in [0.15, 0.2) is 0 Å². The summed E-state index contributed by atoms with van der Waals surface area (Å²) in [6.45, 7) is 2.29. The topological polar surface area (TPSA) is 35.5 Å². The molecule has 0 spiro atoms. The Kier molecular flexibility index (Phi) is 4.68. The lowest BCUT2D eigenvalue weighted by atomic mass is 10.2. The van der Waals surface area contributed by atoms with Gasteiger partial charge in [0.05, 0.1) is 13.7 Å². The maximum absolute atomic E-state index is 11.0. The van der Waals surface area contributed by atoms with Gasteiger partial charge < -0.3 is 9.47 Å². The molecule has 0 amide bonds. The average Bonchev–Trinajstić information content (AvgIpc) is 2.29. The molecule has 0 fully saturated rings. The number of Topliss-reactive ketones (excluding diaryl/α,β-unsaturated/α-hetero) is 1. The smallest absolute Gasteiger partial charge is 0.136 e. The Balaban J connectivity index is 2.40. The molecule has 1 aromatic rings. The summed E-state index contributed by atoms with van der Waals surface area (Å²) in [7, 11) is 1.61. The van der Waals surface area contributed by atoms with E-state index < -0.39 is 0 Å². The van der Waals surface area contributed by atoms with Gasteiger partial charge in [0, 0.05) is 18.9 Å². The average molecular weight is 208 g/mol. The fraction of sp³-hybridized carbons (Fsp3) is 0.417. The van der Waals surface area contributed by atoms with Crippen molar-refractivity contribution in [3.8, 4) is 11.5 Å².